The maximum Gasteiger partial charge on any atom is 0.227 e. The van der Waals surface area contributed by atoms with E-state index in [0.29, 0.717) is 0 Å². The van der Waals surface area contributed by atoms with Gasteiger partial charge in [0.1, 0.15) is 0 Å². The van der Waals surface area contributed by atoms with Crippen LogP contribution in [0.4, 0.5) is 5.69 Å². The average molecular weight is 298 g/mol. The molecular formula is C12H16BrN3O. The van der Waals surface area contributed by atoms with Gasteiger partial charge < -0.3 is 9.80 Å². The molecule has 1 aliphatic rings. The lowest BCUT2D eigenvalue weighted by Crippen LogP contribution is -2.31. The highest BCUT2D eigenvalue weighted by Crippen LogP contribution is 2.30. The van der Waals surface area contributed by atoms with Gasteiger partial charge in [0.05, 0.1) is 16.1 Å². The first-order chi connectivity index (χ1) is 8.09. The monoisotopic (exact) mass is 297 g/mol. The van der Waals surface area contributed by atoms with Gasteiger partial charge in [-0.3, -0.25) is 9.78 Å². The highest BCUT2D eigenvalue weighted by Gasteiger charge is 2.30. The minimum atomic E-state index is 0.116. The van der Waals surface area contributed by atoms with Crippen molar-refractivity contribution >= 4 is 27.5 Å². The highest BCUT2D eigenvalue weighted by atomic mass is 79.9. The quantitative estimate of drug-likeness (QED) is 0.835. The lowest BCUT2D eigenvalue weighted by molar-refractivity contribution is -0.132. The SMILES string of the molecule is CN(C)C(=O)C1CCN(c2ccncc2Br)C1. The van der Waals surface area contributed by atoms with Crippen molar-refractivity contribution in [3.8, 4) is 0 Å². The molecule has 0 aliphatic carbocycles. The molecule has 2 rings (SSSR count). The number of amides is 1. The fourth-order valence-corrected chi connectivity index (χ4v) is 2.67. The van der Waals surface area contributed by atoms with Crippen LogP contribution in [-0.4, -0.2) is 43.0 Å². The van der Waals surface area contributed by atoms with Crippen LogP contribution >= 0.6 is 15.9 Å². The number of anilines is 1. The third-order valence-corrected chi connectivity index (χ3v) is 3.68. The number of rotatable bonds is 2. The molecule has 0 aromatic carbocycles. The minimum absolute atomic E-state index is 0.116. The number of carbonyl (C=O) groups excluding carboxylic acids is 1. The predicted octanol–water partition coefficient (Wildman–Crippen LogP) is 1.76. The van der Waals surface area contributed by atoms with Gasteiger partial charge in [-0.2, -0.15) is 0 Å². The zero-order chi connectivity index (χ0) is 12.4. The number of aromatic nitrogens is 1. The van der Waals surface area contributed by atoms with Crippen LogP contribution in [0.3, 0.4) is 0 Å². The Hall–Kier alpha value is -1.10. The molecule has 1 amide bonds. The molecule has 5 heteroatoms. The first kappa shape index (κ1) is 12.4. The maximum atomic E-state index is 11.9. The molecule has 1 fully saturated rings. The molecule has 0 spiro atoms. The van der Waals surface area contributed by atoms with Crippen LogP contribution in [0.1, 0.15) is 6.42 Å². The van der Waals surface area contributed by atoms with Gasteiger partial charge in [-0.25, -0.2) is 0 Å². The number of pyridine rings is 1. The molecule has 2 heterocycles. The van der Waals surface area contributed by atoms with E-state index >= 15 is 0 Å². The van der Waals surface area contributed by atoms with Crippen molar-refractivity contribution < 1.29 is 4.79 Å². The summed E-state index contributed by atoms with van der Waals surface area (Å²) >= 11 is 3.49. The van der Waals surface area contributed by atoms with Crippen LogP contribution in [0.5, 0.6) is 0 Å². The van der Waals surface area contributed by atoms with Crippen molar-refractivity contribution in [3.05, 3.63) is 22.9 Å². The van der Waals surface area contributed by atoms with E-state index in [1.54, 1.807) is 17.3 Å². The second-order valence-electron chi connectivity index (χ2n) is 4.49. The fourth-order valence-electron chi connectivity index (χ4n) is 2.17. The van der Waals surface area contributed by atoms with Crippen molar-refractivity contribution in [2.45, 2.75) is 6.42 Å². The third kappa shape index (κ3) is 2.60. The summed E-state index contributed by atoms with van der Waals surface area (Å²) in [6.45, 7) is 1.71. The number of hydrogen-bond acceptors (Lipinski definition) is 3. The number of hydrogen-bond donors (Lipinski definition) is 0. The zero-order valence-electron chi connectivity index (χ0n) is 10.1. The van der Waals surface area contributed by atoms with Gasteiger partial charge in [-0.15, -0.1) is 0 Å². The Balaban J connectivity index is 2.08. The molecule has 92 valence electrons. The standard InChI is InChI=1S/C12H16BrN3O/c1-15(2)12(17)9-4-6-16(8-9)11-3-5-14-7-10(11)13/h3,5,7,9H,4,6,8H2,1-2H3. The van der Waals surface area contributed by atoms with E-state index in [1.165, 1.54) is 0 Å². The summed E-state index contributed by atoms with van der Waals surface area (Å²) in [5.41, 5.74) is 1.12. The first-order valence-electron chi connectivity index (χ1n) is 5.65. The molecule has 1 aromatic rings. The van der Waals surface area contributed by atoms with E-state index in [9.17, 15) is 4.79 Å². The van der Waals surface area contributed by atoms with Gasteiger partial charge in [-0.05, 0) is 28.4 Å². The lowest BCUT2D eigenvalue weighted by atomic mass is 10.1. The number of halogens is 1. The zero-order valence-corrected chi connectivity index (χ0v) is 11.6. The molecule has 17 heavy (non-hydrogen) atoms. The van der Waals surface area contributed by atoms with E-state index in [0.717, 1.165) is 29.7 Å². The summed E-state index contributed by atoms with van der Waals surface area (Å²) in [6.07, 6.45) is 4.49. The summed E-state index contributed by atoms with van der Waals surface area (Å²) in [5.74, 6) is 0.336. The molecule has 1 saturated heterocycles. The largest absolute Gasteiger partial charge is 0.370 e. The topological polar surface area (TPSA) is 36.4 Å². The summed E-state index contributed by atoms with van der Waals surface area (Å²) in [4.78, 5) is 19.8. The molecular weight excluding hydrogens is 282 g/mol. The second kappa shape index (κ2) is 5.04. The Labute approximate surface area is 110 Å². The molecule has 0 saturated carbocycles. The third-order valence-electron chi connectivity index (χ3n) is 3.07. The second-order valence-corrected chi connectivity index (χ2v) is 5.35. The number of nitrogens with zero attached hydrogens (tertiary/aromatic N) is 3. The van der Waals surface area contributed by atoms with Crippen molar-refractivity contribution in [2.24, 2.45) is 5.92 Å². The Morgan fingerprint density at radius 2 is 2.35 bits per heavy atom. The average Bonchev–Trinajstić information content (AvgIpc) is 2.77. The lowest BCUT2D eigenvalue weighted by Gasteiger charge is -2.20. The molecule has 0 bridgehead atoms. The first-order valence-corrected chi connectivity index (χ1v) is 6.44. The van der Waals surface area contributed by atoms with Crippen LogP contribution < -0.4 is 4.90 Å². The van der Waals surface area contributed by atoms with Gasteiger partial charge in [0.25, 0.3) is 0 Å². The molecule has 0 N–H and O–H groups in total. The van der Waals surface area contributed by atoms with Gasteiger partial charge >= 0.3 is 0 Å². The van der Waals surface area contributed by atoms with Crippen LogP contribution in [-0.2, 0) is 4.79 Å². The van der Waals surface area contributed by atoms with Gasteiger partial charge in [0, 0.05) is 39.6 Å². The van der Waals surface area contributed by atoms with Crippen LogP contribution in [0.15, 0.2) is 22.9 Å². The van der Waals surface area contributed by atoms with Gasteiger partial charge in [0.2, 0.25) is 5.91 Å². The Kier molecular flexibility index (Phi) is 3.66. The Morgan fingerprint density at radius 1 is 1.59 bits per heavy atom. The highest BCUT2D eigenvalue weighted by molar-refractivity contribution is 9.10. The smallest absolute Gasteiger partial charge is 0.227 e. The molecule has 1 atom stereocenters. The maximum absolute atomic E-state index is 11.9. The minimum Gasteiger partial charge on any atom is -0.370 e. The van der Waals surface area contributed by atoms with Gasteiger partial charge in [0.15, 0.2) is 0 Å². The summed E-state index contributed by atoms with van der Waals surface area (Å²) in [5, 5.41) is 0. The molecule has 4 nitrogen and oxygen atoms in total. The summed E-state index contributed by atoms with van der Waals surface area (Å²) < 4.78 is 0.984. The molecule has 1 aliphatic heterocycles. The van der Waals surface area contributed by atoms with Crippen molar-refractivity contribution in [2.75, 3.05) is 32.1 Å². The van der Waals surface area contributed by atoms with E-state index in [4.69, 9.17) is 0 Å². The summed E-state index contributed by atoms with van der Waals surface area (Å²) in [7, 11) is 3.63. The van der Waals surface area contributed by atoms with Crippen LogP contribution in [0, 0.1) is 5.92 Å². The molecule has 1 unspecified atom stereocenters. The van der Waals surface area contributed by atoms with Crippen LogP contribution in [0.2, 0.25) is 0 Å². The van der Waals surface area contributed by atoms with E-state index in [-0.39, 0.29) is 11.8 Å². The summed E-state index contributed by atoms with van der Waals surface area (Å²) in [6, 6.07) is 1.98. The van der Waals surface area contributed by atoms with Crippen molar-refractivity contribution in [1.82, 2.24) is 9.88 Å². The predicted molar refractivity (Wildman–Crippen MR) is 71.0 cm³/mol. The molecule has 0 radical (unpaired) electrons. The fraction of sp³-hybridized carbons (Fsp3) is 0.500. The van der Waals surface area contributed by atoms with Crippen molar-refractivity contribution in [3.63, 3.8) is 0 Å². The number of carbonyl (C=O) groups is 1. The Morgan fingerprint density at radius 3 is 3.00 bits per heavy atom. The molecule has 1 aromatic heterocycles. The van der Waals surface area contributed by atoms with Crippen molar-refractivity contribution in [1.29, 1.82) is 0 Å². The normalized spacial score (nSPS) is 19.5. The van der Waals surface area contributed by atoms with E-state index in [2.05, 4.69) is 25.8 Å². The van der Waals surface area contributed by atoms with Crippen LogP contribution in [0.25, 0.3) is 0 Å². The van der Waals surface area contributed by atoms with E-state index < -0.39 is 0 Å². The van der Waals surface area contributed by atoms with Gasteiger partial charge in [-0.1, -0.05) is 0 Å². The Bertz CT molecular complexity index is 422. The van der Waals surface area contributed by atoms with E-state index in [1.807, 2.05) is 20.2 Å².